The number of nitrogens with zero attached hydrogens (tertiary/aromatic N) is 3. The lowest BCUT2D eigenvalue weighted by molar-refractivity contribution is -0.133. The number of imidazole rings is 1. The van der Waals surface area contributed by atoms with E-state index >= 15 is 0 Å². The van der Waals surface area contributed by atoms with E-state index < -0.39 is 5.54 Å². The van der Waals surface area contributed by atoms with Crippen molar-refractivity contribution < 1.29 is 19.1 Å². The summed E-state index contributed by atoms with van der Waals surface area (Å²) in [6, 6.07) is 7.63. The number of carbonyl (C=O) groups is 3. The fourth-order valence-electron chi connectivity index (χ4n) is 5.44. The summed E-state index contributed by atoms with van der Waals surface area (Å²) in [6.45, 7) is 2.33. The van der Waals surface area contributed by atoms with Crippen molar-refractivity contribution in [2.75, 3.05) is 7.11 Å². The van der Waals surface area contributed by atoms with Gasteiger partial charge in [-0.3, -0.25) is 14.4 Å². The van der Waals surface area contributed by atoms with Crippen LogP contribution in [0.2, 0.25) is 0 Å². The molecule has 2 saturated carbocycles. The number of rotatable bonds is 7. The third-order valence-corrected chi connectivity index (χ3v) is 7.46. The molecule has 3 aliphatic rings. The highest BCUT2D eigenvalue weighted by Crippen LogP contribution is 2.39. The number of nitrogens with one attached hydrogen (secondary N) is 2. The van der Waals surface area contributed by atoms with E-state index in [1.807, 2.05) is 24.3 Å². The average Bonchev–Trinajstić information content (AvgIpc) is 3.60. The summed E-state index contributed by atoms with van der Waals surface area (Å²) in [5.74, 6) is -0.155. The number of hydrogen-bond donors (Lipinski definition) is 2. The van der Waals surface area contributed by atoms with Gasteiger partial charge in [0.25, 0.3) is 11.8 Å². The van der Waals surface area contributed by atoms with E-state index in [2.05, 4.69) is 15.6 Å². The molecule has 0 radical (unpaired) electrons. The summed E-state index contributed by atoms with van der Waals surface area (Å²) < 4.78 is 7.06. The van der Waals surface area contributed by atoms with Crippen LogP contribution < -0.4 is 15.4 Å². The lowest BCUT2D eigenvalue weighted by Gasteiger charge is -2.44. The third-order valence-electron chi connectivity index (χ3n) is 7.46. The molecule has 2 fully saturated rings. The second kappa shape index (κ2) is 9.36. The zero-order chi connectivity index (χ0) is 24.6. The Bertz CT molecular complexity index is 1130. The molecule has 2 aliphatic carbocycles. The molecule has 1 aromatic heterocycles. The standard InChI is InChI=1S/C26H33N5O4/c1-26(25(34)27-14-17-8-6-7-11-20(17)35-2)15-30-16-28-21(22(30)24(33)31(26)19-12-13-19)23(32)29-18-9-4-3-5-10-18/h6-8,11,16,18-19H,3-5,9-10,12-15H2,1-2H3,(H,27,34)(H,29,32)/t26-/m1/s1. The van der Waals surface area contributed by atoms with Crippen molar-refractivity contribution >= 4 is 17.7 Å². The van der Waals surface area contributed by atoms with E-state index in [4.69, 9.17) is 4.74 Å². The Morgan fingerprint density at radius 2 is 1.89 bits per heavy atom. The van der Waals surface area contributed by atoms with Gasteiger partial charge in [-0.2, -0.15) is 0 Å². The van der Waals surface area contributed by atoms with E-state index in [9.17, 15) is 14.4 Å². The highest BCUT2D eigenvalue weighted by molar-refractivity contribution is 6.07. The molecule has 9 nitrogen and oxygen atoms in total. The van der Waals surface area contributed by atoms with Crippen LogP contribution in [-0.2, 0) is 17.9 Å². The predicted molar refractivity (Wildman–Crippen MR) is 129 cm³/mol. The molecule has 0 bridgehead atoms. The Labute approximate surface area is 205 Å². The molecule has 2 heterocycles. The number of fused-ring (bicyclic) bond motifs is 1. The number of ether oxygens (including phenoxy) is 1. The Morgan fingerprint density at radius 3 is 2.60 bits per heavy atom. The van der Waals surface area contributed by atoms with Gasteiger partial charge in [-0.15, -0.1) is 0 Å². The highest BCUT2D eigenvalue weighted by atomic mass is 16.5. The highest BCUT2D eigenvalue weighted by Gasteiger charge is 2.53. The summed E-state index contributed by atoms with van der Waals surface area (Å²) in [5.41, 5.74) is 0.199. The topological polar surface area (TPSA) is 106 Å². The summed E-state index contributed by atoms with van der Waals surface area (Å²) in [5, 5.41) is 6.07. The number of amides is 3. The fourth-order valence-corrected chi connectivity index (χ4v) is 5.44. The first-order valence-electron chi connectivity index (χ1n) is 12.5. The van der Waals surface area contributed by atoms with Crippen LogP contribution in [0.5, 0.6) is 5.75 Å². The van der Waals surface area contributed by atoms with Crippen molar-refractivity contribution in [1.82, 2.24) is 25.1 Å². The van der Waals surface area contributed by atoms with Crippen LogP contribution in [0.25, 0.3) is 0 Å². The minimum atomic E-state index is -1.09. The van der Waals surface area contributed by atoms with Crippen molar-refractivity contribution in [2.45, 2.75) is 82.6 Å². The molecule has 3 amide bonds. The maximum Gasteiger partial charge on any atom is 0.274 e. The lowest BCUT2D eigenvalue weighted by atomic mass is 9.93. The summed E-state index contributed by atoms with van der Waals surface area (Å²) in [4.78, 5) is 46.3. The zero-order valence-electron chi connectivity index (χ0n) is 20.4. The Hall–Kier alpha value is -3.36. The molecule has 1 atom stereocenters. The SMILES string of the molecule is COc1ccccc1CNC(=O)[C@@]1(C)Cn2cnc(C(=O)NC3CCCCC3)c2C(=O)N1C1CC1. The maximum atomic E-state index is 13.8. The minimum absolute atomic E-state index is 0.0117. The van der Waals surface area contributed by atoms with E-state index in [0.29, 0.717) is 5.75 Å². The largest absolute Gasteiger partial charge is 0.496 e. The van der Waals surface area contributed by atoms with Gasteiger partial charge in [0.1, 0.15) is 17.0 Å². The van der Waals surface area contributed by atoms with Gasteiger partial charge >= 0.3 is 0 Å². The number of aromatic nitrogens is 2. The molecule has 2 aromatic rings. The van der Waals surface area contributed by atoms with Gasteiger partial charge in [-0.1, -0.05) is 37.5 Å². The van der Waals surface area contributed by atoms with Crippen LogP contribution in [0, 0.1) is 0 Å². The van der Waals surface area contributed by atoms with Crippen molar-refractivity contribution in [2.24, 2.45) is 0 Å². The first-order chi connectivity index (χ1) is 16.9. The van der Waals surface area contributed by atoms with Gasteiger partial charge in [0, 0.05) is 24.2 Å². The number of carbonyl (C=O) groups excluding carboxylic acids is 3. The number of hydrogen-bond acceptors (Lipinski definition) is 5. The fraction of sp³-hybridized carbons (Fsp3) is 0.538. The molecule has 5 rings (SSSR count). The molecule has 0 saturated heterocycles. The van der Waals surface area contributed by atoms with Crippen LogP contribution in [0.15, 0.2) is 30.6 Å². The van der Waals surface area contributed by atoms with Crippen molar-refractivity contribution in [3.05, 3.63) is 47.5 Å². The first kappa shape index (κ1) is 23.4. The normalized spacial score (nSPS) is 22.5. The van der Waals surface area contributed by atoms with Gasteiger partial charge in [0.05, 0.1) is 20.0 Å². The summed E-state index contributed by atoms with van der Waals surface area (Å²) in [6.07, 6.45) is 8.50. The maximum absolute atomic E-state index is 13.8. The Morgan fingerprint density at radius 1 is 1.14 bits per heavy atom. The van der Waals surface area contributed by atoms with Crippen LogP contribution in [0.4, 0.5) is 0 Å². The average molecular weight is 480 g/mol. The van der Waals surface area contributed by atoms with E-state index in [0.717, 1.165) is 44.1 Å². The molecule has 1 aliphatic heterocycles. The van der Waals surface area contributed by atoms with Crippen molar-refractivity contribution in [1.29, 1.82) is 0 Å². The Kier molecular flexibility index (Phi) is 6.25. The monoisotopic (exact) mass is 479 g/mol. The molecule has 186 valence electrons. The molecule has 2 N–H and O–H groups in total. The number of benzene rings is 1. The van der Waals surface area contributed by atoms with Crippen LogP contribution in [-0.4, -0.2) is 56.9 Å². The Balaban J connectivity index is 1.38. The van der Waals surface area contributed by atoms with Gasteiger partial charge in [-0.05, 0) is 38.7 Å². The minimum Gasteiger partial charge on any atom is -0.496 e. The zero-order valence-corrected chi connectivity index (χ0v) is 20.4. The van der Waals surface area contributed by atoms with Gasteiger partial charge in [0.15, 0.2) is 5.69 Å². The molecule has 9 heteroatoms. The molecular formula is C26H33N5O4. The molecule has 35 heavy (non-hydrogen) atoms. The van der Waals surface area contributed by atoms with Crippen LogP contribution in [0.3, 0.4) is 0 Å². The van der Waals surface area contributed by atoms with Crippen molar-refractivity contribution in [3.63, 3.8) is 0 Å². The second-order valence-electron chi connectivity index (χ2n) is 10.1. The molecule has 0 spiro atoms. The van der Waals surface area contributed by atoms with E-state index in [-0.39, 0.29) is 54.3 Å². The first-order valence-corrected chi connectivity index (χ1v) is 12.5. The van der Waals surface area contributed by atoms with Crippen LogP contribution >= 0.6 is 0 Å². The smallest absolute Gasteiger partial charge is 0.274 e. The number of methoxy groups -OCH3 is 1. The molecule has 0 unspecified atom stereocenters. The number of para-hydroxylation sites is 1. The van der Waals surface area contributed by atoms with Crippen molar-refractivity contribution in [3.8, 4) is 5.75 Å². The van der Waals surface area contributed by atoms with E-state index in [1.54, 1.807) is 23.5 Å². The second-order valence-corrected chi connectivity index (χ2v) is 10.1. The lowest BCUT2D eigenvalue weighted by Crippen LogP contribution is -2.64. The molecule has 1 aromatic carbocycles. The van der Waals surface area contributed by atoms with Gasteiger partial charge in [0.2, 0.25) is 5.91 Å². The van der Waals surface area contributed by atoms with Gasteiger partial charge < -0.3 is 24.8 Å². The quantitative estimate of drug-likeness (QED) is 0.635. The molecular weight excluding hydrogens is 446 g/mol. The summed E-state index contributed by atoms with van der Waals surface area (Å²) in [7, 11) is 1.60. The summed E-state index contributed by atoms with van der Waals surface area (Å²) >= 11 is 0. The van der Waals surface area contributed by atoms with Gasteiger partial charge in [-0.25, -0.2) is 4.98 Å². The predicted octanol–water partition coefficient (Wildman–Crippen LogP) is 2.65. The third kappa shape index (κ3) is 4.39. The van der Waals surface area contributed by atoms with Crippen LogP contribution in [0.1, 0.15) is 78.4 Å². The van der Waals surface area contributed by atoms with E-state index in [1.165, 1.54) is 12.7 Å².